The van der Waals surface area contributed by atoms with Crippen molar-refractivity contribution in [1.82, 2.24) is 4.98 Å². The van der Waals surface area contributed by atoms with E-state index in [1.807, 2.05) is 72.8 Å². The van der Waals surface area contributed by atoms with Gasteiger partial charge in [0.15, 0.2) is 0 Å². The first kappa shape index (κ1) is 21.5. The SMILES string of the molecule is COc1ccc(OC)c(-c2cc(-c3ccccc3)c(C#N)c(SCc3ccccc3)n2)c1. The molecule has 0 fully saturated rings. The van der Waals surface area contributed by atoms with Gasteiger partial charge >= 0.3 is 0 Å². The van der Waals surface area contributed by atoms with Gasteiger partial charge in [-0.3, -0.25) is 0 Å². The van der Waals surface area contributed by atoms with E-state index in [0.29, 0.717) is 22.1 Å². The van der Waals surface area contributed by atoms with Crippen LogP contribution < -0.4 is 9.47 Å². The molecule has 0 radical (unpaired) electrons. The smallest absolute Gasteiger partial charge is 0.128 e. The molecule has 0 aliphatic carbocycles. The van der Waals surface area contributed by atoms with Crippen LogP contribution in [0.3, 0.4) is 0 Å². The van der Waals surface area contributed by atoms with Crippen LogP contribution in [0.25, 0.3) is 22.4 Å². The third-order valence-electron chi connectivity index (χ3n) is 5.08. The molecule has 158 valence electrons. The Morgan fingerprint density at radius 3 is 2.22 bits per heavy atom. The third kappa shape index (κ3) is 4.61. The Balaban J connectivity index is 1.88. The van der Waals surface area contributed by atoms with E-state index >= 15 is 0 Å². The molecule has 0 unspecified atom stereocenters. The monoisotopic (exact) mass is 438 g/mol. The Bertz CT molecular complexity index is 1250. The predicted molar refractivity (Wildman–Crippen MR) is 129 cm³/mol. The molecule has 0 atom stereocenters. The Morgan fingerprint density at radius 1 is 0.844 bits per heavy atom. The third-order valence-corrected chi connectivity index (χ3v) is 6.13. The summed E-state index contributed by atoms with van der Waals surface area (Å²) in [5, 5.41) is 10.7. The van der Waals surface area contributed by atoms with Crippen LogP contribution in [0.4, 0.5) is 0 Å². The summed E-state index contributed by atoms with van der Waals surface area (Å²) >= 11 is 1.56. The first-order chi connectivity index (χ1) is 15.7. The van der Waals surface area contributed by atoms with Crippen molar-refractivity contribution in [2.24, 2.45) is 0 Å². The minimum absolute atomic E-state index is 0.572. The molecule has 4 nitrogen and oxygen atoms in total. The van der Waals surface area contributed by atoms with Gasteiger partial charge in [0.2, 0.25) is 0 Å². The van der Waals surface area contributed by atoms with Gasteiger partial charge in [-0.2, -0.15) is 5.26 Å². The first-order valence-corrected chi connectivity index (χ1v) is 11.1. The second-order valence-electron chi connectivity index (χ2n) is 7.05. The topological polar surface area (TPSA) is 55.1 Å². The Morgan fingerprint density at radius 2 is 1.56 bits per heavy atom. The second-order valence-corrected chi connectivity index (χ2v) is 8.02. The Kier molecular flexibility index (Phi) is 6.74. The molecule has 3 aromatic carbocycles. The number of benzene rings is 3. The summed E-state index contributed by atoms with van der Waals surface area (Å²) in [7, 11) is 3.27. The van der Waals surface area contributed by atoms with Crippen molar-refractivity contribution in [2.45, 2.75) is 10.8 Å². The molecule has 0 aliphatic rings. The molecule has 0 amide bonds. The van der Waals surface area contributed by atoms with Crippen molar-refractivity contribution in [1.29, 1.82) is 5.26 Å². The zero-order chi connectivity index (χ0) is 22.3. The van der Waals surface area contributed by atoms with E-state index in [4.69, 9.17) is 14.5 Å². The molecule has 32 heavy (non-hydrogen) atoms. The molecular weight excluding hydrogens is 416 g/mol. The highest BCUT2D eigenvalue weighted by atomic mass is 32.2. The van der Waals surface area contributed by atoms with E-state index < -0.39 is 0 Å². The lowest BCUT2D eigenvalue weighted by molar-refractivity contribution is 0.404. The average Bonchev–Trinajstić information content (AvgIpc) is 2.87. The predicted octanol–water partition coefficient (Wildman–Crippen LogP) is 6.60. The standard InChI is InChI=1S/C27H22N2O2S/c1-30-21-13-14-26(31-2)23(15-21)25-16-22(20-11-7-4-8-12-20)24(17-28)27(29-25)32-18-19-9-5-3-6-10-19/h3-16H,18H2,1-2H3. The summed E-state index contributed by atoms with van der Waals surface area (Å²) in [5.41, 5.74) is 5.11. The molecule has 0 spiro atoms. The summed E-state index contributed by atoms with van der Waals surface area (Å²) in [6.45, 7) is 0. The van der Waals surface area contributed by atoms with E-state index in [2.05, 4.69) is 18.2 Å². The maximum atomic E-state index is 10.1. The zero-order valence-corrected chi connectivity index (χ0v) is 18.7. The van der Waals surface area contributed by atoms with Crippen molar-refractivity contribution in [3.05, 3.63) is 96.1 Å². The van der Waals surface area contributed by atoms with Crippen molar-refractivity contribution in [3.63, 3.8) is 0 Å². The van der Waals surface area contributed by atoms with Crippen LogP contribution >= 0.6 is 11.8 Å². The number of ether oxygens (including phenoxy) is 2. The van der Waals surface area contributed by atoms with Gasteiger partial charge in [-0.1, -0.05) is 60.7 Å². The quantitative estimate of drug-likeness (QED) is 0.304. The highest BCUT2D eigenvalue weighted by Gasteiger charge is 2.18. The molecule has 0 aliphatic heterocycles. The maximum absolute atomic E-state index is 10.1. The van der Waals surface area contributed by atoms with E-state index in [1.54, 1.807) is 26.0 Å². The van der Waals surface area contributed by atoms with Crippen LogP contribution in [0.2, 0.25) is 0 Å². The van der Waals surface area contributed by atoms with Crippen LogP contribution in [0, 0.1) is 11.3 Å². The van der Waals surface area contributed by atoms with Crippen molar-refractivity contribution in [2.75, 3.05) is 14.2 Å². The molecule has 1 aromatic heterocycles. The van der Waals surface area contributed by atoms with Gasteiger partial charge in [-0.25, -0.2) is 4.98 Å². The fourth-order valence-corrected chi connectivity index (χ4v) is 4.42. The Labute approximate surface area is 192 Å². The molecule has 4 rings (SSSR count). The minimum Gasteiger partial charge on any atom is -0.497 e. The van der Waals surface area contributed by atoms with Gasteiger partial charge < -0.3 is 9.47 Å². The van der Waals surface area contributed by atoms with Gasteiger partial charge in [0.05, 0.1) is 25.5 Å². The number of rotatable bonds is 7. The first-order valence-electron chi connectivity index (χ1n) is 10.1. The number of hydrogen-bond donors (Lipinski definition) is 0. The van der Waals surface area contributed by atoms with Gasteiger partial charge in [-0.05, 0) is 35.4 Å². The number of methoxy groups -OCH3 is 2. The number of nitriles is 1. The molecular formula is C27H22N2O2S. The lowest BCUT2D eigenvalue weighted by atomic mass is 9.99. The highest BCUT2D eigenvalue weighted by molar-refractivity contribution is 7.98. The van der Waals surface area contributed by atoms with Gasteiger partial charge in [0, 0.05) is 16.9 Å². The van der Waals surface area contributed by atoms with Gasteiger partial charge in [-0.15, -0.1) is 11.8 Å². The largest absolute Gasteiger partial charge is 0.497 e. The second kappa shape index (κ2) is 10.0. The summed E-state index contributed by atoms with van der Waals surface area (Å²) in [4.78, 5) is 4.90. The molecule has 0 saturated heterocycles. The molecule has 0 bridgehead atoms. The van der Waals surface area contributed by atoms with E-state index in [9.17, 15) is 5.26 Å². The minimum atomic E-state index is 0.572. The van der Waals surface area contributed by atoms with Crippen molar-refractivity contribution in [3.8, 4) is 40.0 Å². The molecule has 4 aromatic rings. The van der Waals surface area contributed by atoms with Crippen LogP contribution in [0.15, 0.2) is 90.0 Å². The van der Waals surface area contributed by atoms with Crippen molar-refractivity contribution < 1.29 is 9.47 Å². The lowest BCUT2D eigenvalue weighted by Gasteiger charge is -2.15. The van der Waals surface area contributed by atoms with Crippen LogP contribution in [-0.4, -0.2) is 19.2 Å². The van der Waals surface area contributed by atoms with E-state index in [-0.39, 0.29) is 0 Å². The number of hydrogen-bond acceptors (Lipinski definition) is 5. The van der Waals surface area contributed by atoms with E-state index in [1.165, 1.54) is 5.56 Å². The number of pyridine rings is 1. The molecule has 0 saturated carbocycles. The lowest BCUT2D eigenvalue weighted by Crippen LogP contribution is -1.98. The normalized spacial score (nSPS) is 10.4. The summed E-state index contributed by atoms with van der Waals surface area (Å²) in [6, 6.07) is 30.1. The summed E-state index contributed by atoms with van der Waals surface area (Å²) in [6.07, 6.45) is 0. The fraction of sp³-hybridized carbons (Fsp3) is 0.111. The molecule has 1 heterocycles. The zero-order valence-electron chi connectivity index (χ0n) is 17.9. The molecule has 0 N–H and O–H groups in total. The van der Waals surface area contributed by atoms with E-state index in [0.717, 1.165) is 28.1 Å². The number of aromatic nitrogens is 1. The summed E-state index contributed by atoms with van der Waals surface area (Å²) in [5.74, 6) is 2.13. The van der Waals surface area contributed by atoms with Crippen LogP contribution in [-0.2, 0) is 5.75 Å². The highest BCUT2D eigenvalue weighted by Crippen LogP contribution is 2.39. The van der Waals surface area contributed by atoms with Gasteiger partial charge in [0.1, 0.15) is 22.6 Å². The van der Waals surface area contributed by atoms with Crippen molar-refractivity contribution >= 4 is 11.8 Å². The maximum Gasteiger partial charge on any atom is 0.128 e. The summed E-state index contributed by atoms with van der Waals surface area (Å²) < 4.78 is 11.0. The molecule has 5 heteroatoms. The number of thioether (sulfide) groups is 1. The van der Waals surface area contributed by atoms with Gasteiger partial charge in [0.25, 0.3) is 0 Å². The Hall–Kier alpha value is -3.75. The number of nitrogens with zero attached hydrogens (tertiary/aromatic N) is 2. The fourth-order valence-electron chi connectivity index (χ4n) is 3.46. The van der Waals surface area contributed by atoms with Crippen LogP contribution in [0.5, 0.6) is 11.5 Å². The average molecular weight is 439 g/mol. The van der Waals surface area contributed by atoms with Crippen LogP contribution in [0.1, 0.15) is 11.1 Å².